The van der Waals surface area contributed by atoms with Crippen molar-refractivity contribution >= 4 is 5.69 Å². The van der Waals surface area contributed by atoms with Crippen LogP contribution in [-0.2, 0) is 0 Å². The van der Waals surface area contributed by atoms with Crippen LogP contribution in [-0.4, -0.2) is 4.92 Å². The summed E-state index contributed by atoms with van der Waals surface area (Å²) in [5, 5.41) is 11.3. The monoisotopic (exact) mass is 295 g/mol. The topological polar surface area (TPSA) is 43.1 Å². The molecule has 3 nitrogen and oxygen atoms in total. The van der Waals surface area contributed by atoms with Crippen LogP contribution in [0.3, 0.4) is 0 Å². The molecule has 0 N–H and O–H groups in total. The SMILES string of the molecule is Cc1ccc(-c2ccc(C3CCCCC3)cc2)c([N+](=O)[O-])c1. The molecule has 22 heavy (non-hydrogen) atoms. The largest absolute Gasteiger partial charge is 0.277 e. The zero-order chi connectivity index (χ0) is 15.5. The van der Waals surface area contributed by atoms with Gasteiger partial charge in [-0.1, -0.05) is 49.6 Å². The number of rotatable bonds is 3. The number of nitrogens with zero attached hydrogens (tertiary/aromatic N) is 1. The maximum absolute atomic E-state index is 11.3. The molecule has 0 radical (unpaired) electrons. The van der Waals surface area contributed by atoms with E-state index in [-0.39, 0.29) is 10.6 Å². The van der Waals surface area contributed by atoms with Crippen molar-refractivity contribution in [3.63, 3.8) is 0 Å². The van der Waals surface area contributed by atoms with Crippen LogP contribution in [0.4, 0.5) is 5.69 Å². The van der Waals surface area contributed by atoms with Crippen LogP contribution < -0.4 is 0 Å². The second-order valence-electron chi connectivity index (χ2n) is 6.23. The Morgan fingerprint density at radius 3 is 2.32 bits per heavy atom. The van der Waals surface area contributed by atoms with Crippen molar-refractivity contribution < 1.29 is 4.92 Å². The minimum absolute atomic E-state index is 0.186. The molecule has 0 heterocycles. The lowest BCUT2D eigenvalue weighted by molar-refractivity contribution is -0.384. The van der Waals surface area contributed by atoms with Crippen LogP contribution in [0.1, 0.15) is 49.1 Å². The van der Waals surface area contributed by atoms with Gasteiger partial charge in [-0.3, -0.25) is 10.1 Å². The fraction of sp³-hybridized carbons (Fsp3) is 0.368. The van der Waals surface area contributed by atoms with Crippen LogP contribution in [0, 0.1) is 17.0 Å². The summed E-state index contributed by atoms with van der Waals surface area (Å²) in [7, 11) is 0. The highest BCUT2D eigenvalue weighted by molar-refractivity contribution is 5.74. The van der Waals surface area contributed by atoms with Crippen LogP contribution in [0.15, 0.2) is 42.5 Å². The Morgan fingerprint density at radius 2 is 1.68 bits per heavy atom. The number of aryl methyl sites for hydroxylation is 1. The first-order chi connectivity index (χ1) is 10.6. The molecule has 1 fully saturated rings. The number of nitro groups is 1. The Balaban J connectivity index is 1.91. The molecule has 0 bridgehead atoms. The highest BCUT2D eigenvalue weighted by atomic mass is 16.6. The highest BCUT2D eigenvalue weighted by Crippen LogP contribution is 2.35. The average Bonchev–Trinajstić information content (AvgIpc) is 2.56. The molecule has 0 aliphatic heterocycles. The smallest absolute Gasteiger partial charge is 0.258 e. The molecule has 0 unspecified atom stereocenters. The summed E-state index contributed by atoms with van der Waals surface area (Å²) in [5.74, 6) is 0.663. The van der Waals surface area contributed by atoms with Crippen LogP contribution in [0.25, 0.3) is 11.1 Å². The van der Waals surface area contributed by atoms with E-state index in [1.807, 2.05) is 31.2 Å². The highest BCUT2D eigenvalue weighted by Gasteiger charge is 2.18. The molecule has 0 atom stereocenters. The normalized spacial score (nSPS) is 15.7. The third kappa shape index (κ3) is 3.03. The molecular weight excluding hydrogens is 274 g/mol. The number of hydrogen-bond acceptors (Lipinski definition) is 2. The van der Waals surface area contributed by atoms with Gasteiger partial charge in [-0.2, -0.15) is 0 Å². The van der Waals surface area contributed by atoms with Gasteiger partial charge < -0.3 is 0 Å². The number of nitro benzene ring substituents is 1. The van der Waals surface area contributed by atoms with Gasteiger partial charge in [0.1, 0.15) is 0 Å². The summed E-state index contributed by atoms with van der Waals surface area (Å²) in [6.45, 7) is 1.88. The summed E-state index contributed by atoms with van der Waals surface area (Å²) >= 11 is 0. The fourth-order valence-corrected chi connectivity index (χ4v) is 3.41. The third-order valence-electron chi connectivity index (χ3n) is 4.65. The molecule has 0 amide bonds. The lowest BCUT2D eigenvalue weighted by Gasteiger charge is -2.22. The van der Waals surface area contributed by atoms with Crippen molar-refractivity contribution in [1.29, 1.82) is 0 Å². The first-order valence-electron chi connectivity index (χ1n) is 8.00. The molecule has 3 rings (SSSR count). The summed E-state index contributed by atoms with van der Waals surface area (Å²) in [6.07, 6.45) is 6.52. The molecule has 114 valence electrons. The van der Waals surface area contributed by atoms with Crippen molar-refractivity contribution in [2.45, 2.75) is 44.9 Å². The quantitative estimate of drug-likeness (QED) is 0.545. The molecule has 1 saturated carbocycles. The van der Waals surface area contributed by atoms with Crippen LogP contribution in [0.5, 0.6) is 0 Å². The molecular formula is C19H21NO2. The predicted molar refractivity (Wildman–Crippen MR) is 89.1 cm³/mol. The van der Waals surface area contributed by atoms with E-state index < -0.39 is 0 Å². The molecule has 0 aromatic heterocycles. The van der Waals surface area contributed by atoms with E-state index in [0.717, 1.165) is 11.1 Å². The van der Waals surface area contributed by atoms with Gasteiger partial charge in [0.15, 0.2) is 0 Å². The standard InChI is InChI=1S/C19H21NO2/c1-14-7-12-18(19(13-14)20(21)22)17-10-8-16(9-11-17)15-5-3-2-4-6-15/h7-13,15H,2-6H2,1H3. The molecule has 2 aromatic carbocycles. The van der Waals surface area contributed by atoms with Gasteiger partial charge in [-0.25, -0.2) is 0 Å². The Labute approximate surface area is 131 Å². The van der Waals surface area contributed by atoms with Crippen molar-refractivity contribution in [1.82, 2.24) is 0 Å². The molecule has 2 aromatic rings. The Kier molecular flexibility index (Phi) is 4.23. The van der Waals surface area contributed by atoms with Gasteiger partial charge in [0.25, 0.3) is 5.69 Å². The fourth-order valence-electron chi connectivity index (χ4n) is 3.41. The van der Waals surface area contributed by atoms with E-state index in [1.54, 1.807) is 6.07 Å². The first kappa shape index (κ1) is 14.8. The summed E-state index contributed by atoms with van der Waals surface area (Å²) in [6, 6.07) is 13.8. The summed E-state index contributed by atoms with van der Waals surface area (Å²) in [4.78, 5) is 11.0. The first-order valence-corrected chi connectivity index (χ1v) is 8.00. The van der Waals surface area contributed by atoms with Crippen LogP contribution in [0.2, 0.25) is 0 Å². The third-order valence-corrected chi connectivity index (χ3v) is 4.65. The van der Waals surface area contributed by atoms with Gasteiger partial charge in [0, 0.05) is 6.07 Å². The van der Waals surface area contributed by atoms with Gasteiger partial charge >= 0.3 is 0 Å². The van der Waals surface area contributed by atoms with Gasteiger partial charge in [0.05, 0.1) is 10.5 Å². The molecule has 0 spiro atoms. The lowest BCUT2D eigenvalue weighted by atomic mass is 9.83. The van der Waals surface area contributed by atoms with Crippen LogP contribution >= 0.6 is 0 Å². The van der Waals surface area contributed by atoms with Crippen molar-refractivity contribution in [3.8, 4) is 11.1 Å². The molecule has 0 saturated heterocycles. The molecule has 1 aliphatic carbocycles. The van der Waals surface area contributed by atoms with Crippen molar-refractivity contribution in [3.05, 3.63) is 63.7 Å². The summed E-state index contributed by atoms with van der Waals surface area (Å²) < 4.78 is 0. The minimum Gasteiger partial charge on any atom is -0.258 e. The predicted octanol–water partition coefficient (Wildman–Crippen LogP) is 5.62. The second kappa shape index (κ2) is 6.30. The maximum atomic E-state index is 11.3. The zero-order valence-corrected chi connectivity index (χ0v) is 12.9. The average molecular weight is 295 g/mol. The molecule has 3 heteroatoms. The lowest BCUT2D eigenvalue weighted by Crippen LogP contribution is -2.04. The Hall–Kier alpha value is -2.16. The van der Waals surface area contributed by atoms with Gasteiger partial charge in [-0.15, -0.1) is 0 Å². The Bertz CT molecular complexity index is 670. The number of benzene rings is 2. The minimum atomic E-state index is -0.294. The zero-order valence-electron chi connectivity index (χ0n) is 12.9. The Morgan fingerprint density at radius 1 is 1.00 bits per heavy atom. The van der Waals surface area contributed by atoms with E-state index in [1.165, 1.54) is 37.7 Å². The van der Waals surface area contributed by atoms with Crippen molar-refractivity contribution in [2.24, 2.45) is 0 Å². The molecule has 1 aliphatic rings. The van der Waals surface area contributed by atoms with E-state index in [4.69, 9.17) is 0 Å². The summed E-state index contributed by atoms with van der Waals surface area (Å²) in [5.41, 5.74) is 4.09. The van der Waals surface area contributed by atoms with E-state index in [9.17, 15) is 10.1 Å². The van der Waals surface area contributed by atoms with Gasteiger partial charge in [-0.05, 0) is 48.4 Å². The van der Waals surface area contributed by atoms with Crippen molar-refractivity contribution in [2.75, 3.05) is 0 Å². The maximum Gasteiger partial charge on any atom is 0.277 e. The van der Waals surface area contributed by atoms with E-state index in [2.05, 4.69) is 12.1 Å². The van der Waals surface area contributed by atoms with Gasteiger partial charge in [0.2, 0.25) is 0 Å². The van der Waals surface area contributed by atoms with E-state index in [0.29, 0.717) is 11.5 Å². The number of hydrogen-bond donors (Lipinski definition) is 0. The van der Waals surface area contributed by atoms with E-state index >= 15 is 0 Å². The second-order valence-corrected chi connectivity index (χ2v) is 6.23.